The third-order valence-electron chi connectivity index (χ3n) is 4.50. The van der Waals surface area contributed by atoms with E-state index in [9.17, 15) is 0 Å². The van der Waals surface area contributed by atoms with E-state index in [2.05, 4.69) is 20.1 Å². The monoisotopic (exact) mass is 284 g/mol. The molecule has 1 fully saturated rings. The third-order valence-corrected chi connectivity index (χ3v) is 4.50. The Kier molecular flexibility index (Phi) is 3.05. The SMILES string of the molecule is Cc1nnc(C2CNc3ccccc3O2)n1C1CCCC1. The number of fused-ring (bicyclic) bond motifs is 1. The summed E-state index contributed by atoms with van der Waals surface area (Å²) >= 11 is 0. The van der Waals surface area contributed by atoms with Crippen LogP contribution in [0.2, 0.25) is 0 Å². The Morgan fingerprint density at radius 3 is 2.86 bits per heavy atom. The third kappa shape index (κ3) is 2.17. The topological polar surface area (TPSA) is 52.0 Å². The highest BCUT2D eigenvalue weighted by Crippen LogP contribution is 2.36. The predicted octanol–water partition coefficient (Wildman–Crippen LogP) is 3.25. The second kappa shape index (κ2) is 5.06. The molecule has 0 amide bonds. The van der Waals surface area contributed by atoms with Crippen molar-refractivity contribution in [2.45, 2.75) is 44.8 Å². The van der Waals surface area contributed by atoms with Crippen molar-refractivity contribution in [3.8, 4) is 5.75 Å². The van der Waals surface area contributed by atoms with Gasteiger partial charge in [0.1, 0.15) is 11.6 Å². The Balaban J connectivity index is 1.66. The molecule has 5 nitrogen and oxygen atoms in total. The lowest BCUT2D eigenvalue weighted by atomic mass is 10.2. The number of nitrogens with zero attached hydrogens (tertiary/aromatic N) is 3. The van der Waals surface area contributed by atoms with E-state index in [0.717, 1.165) is 29.6 Å². The van der Waals surface area contributed by atoms with Crippen LogP contribution in [0.5, 0.6) is 5.75 Å². The summed E-state index contributed by atoms with van der Waals surface area (Å²) in [4.78, 5) is 0. The van der Waals surface area contributed by atoms with Crippen LogP contribution in [0.4, 0.5) is 5.69 Å². The summed E-state index contributed by atoms with van der Waals surface area (Å²) < 4.78 is 8.44. The van der Waals surface area contributed by atoms with Crippen LogP contribution >= 0.6 is 0 Å². The summed E-state index contributed by atoms with van der Waals surface area (Å²) in [5.74, 6) is 2.85. The molecule has 110 valence electrons. The van der Waals surface area contributed by atoms with Crippen molar-refractivity contribution < 1.29 is 4.74 Å². The first-order chi connectivity index (χ1) is 10.3. The van der Waals surface area contributed by atoms with Gasteiger partial charge in [-0.1, -0.05) is 25.0 Å². The van der Waals surface area contributed by atoms with Crippen LogP contribution in [0.25, 0.3) is 0 Å². The highest BCUT2D eigenvalue weighted by Gasteiger charge is 2.30. The zero-order chi connectivity index (χ0) is 14.2. The number of para-hydroxylation sites is 2. The van der Waals surface area contributed by atoms with E-state index in [4.69, 9.17) is 4.74 Å². The highest BCUT2D eigenvalue weighted by atomic mass is 16.5. The molecular weight excluding hydrogens is 264 g/mol. The first kappa shape index (κ1) is 12.7. The van der Waals surface area contributed by atoms with Crippen molar-refractivity contribution in [1.29, 1.82) is 0 Å². The van der Waals surface area contributed by atoms with E-state index < -0.39 is 0 Å². The number of aryl methyl sites for hydroxylation is 1. The fourth-order valence-corrected chi connectivity index (χ4v) is 3.48. The smallest absolute Gasteiger partial charge is 0.176 e. The number of ether oxygens (including phenoxy) is 1. The van der Waals surface area contributed by atoms with Crippen molar-refractivity contribution in [3.05, 3.63) is 35.9 Å². The predicted molar refractivity (Wildman–Crippen MR) is 80.6 cm³/mol. The normalized spacial score (nSPS) is 21.7. The minimum atomic E-state index is -0.0679. The number of anilines is 1. The molecule has 2 heterocycles. The van der Waals surface area contributed by atoms with Crippen LogP contribution in [0.15, 0.2) is 24.3 Å². The number of nitrogens with one attached hydrogen (secondary N) is 1. The van der Waals surface area contributed by atoms with Crippen LogP contribution < -0.4 is 10.1 Å². The van der Waals surface area contributed by atoms with Gasteiger partial charge in [0, 0.05) is 6.04 Å². The summed E-state index contributed by atoms with van der Waals surface area (Å²) in [7, 11) is 0. The largest absolute Gasteiger partial charge is 0.478 e. The van der Waals surface area contributed by atoms with E-state index in [1.54, 1.807) is 0 Å². The lowest BCUT2D eigenvalue weighted by Gasteiger charge is -2.28. The Bertz CT molecular complexity index is 645. The lowest BCUT2D eigenvalue weighted by Crippen LogP contribution is -2.27. The zero-order valence-electron chi connectivity index (χ0n) is 12.2. The molecule has 2 aliphatic rings. The fourth-order valence-electron chi connectivity index (χ4n) is 3.48. The molecule has 0 saturated heterocycles. The minimum Gasteiger partial charge on any atom is -0.478 e. The maximum atomic E-state index is 6.15. The van der Waals surface area contributed by atoms with Crippen molar-refractivity contribution in [2.24, 2.45) is 0 Å². The van der Waals surface area contributed by atoms with Gasteiger partial charge in [-0.15, -0.1) is 10.2 Å². The molecule has 0 spiro atoms. The van der Waals surface area contributed by atoms with Crippen LogP contribution in [0, 0.1) is 6.92 Å². The number of hydrogen-bond acceptors (Lipinski definition) is 4. The first-order valence-corrected chi connectivity index (χ1v) is 7.74. The molecule has 1 N–H and O–H groups in total. The van der Waals surface area contributed by atoms with Crippen molar-refractivity contribution in [3.63, 3.8) is 0 Å². The van der Waals surface area contributed by atoms with Crippen LogP contribution in [-0.2, 0) is 0 Å². The van der Waals surface area contributed by atoms with Crippen molar-refractivity contribution >= 4 is 5.69 Å². The van der Waals surface area contributed by atoms with Gasteiger partial charge in [0.2, 0.25) is 0 Å². The van der Waals surface area contributed by atoms with E-state index in [1.165, 1.54) is 25.7 Å². The summed E-state index contributed by atoms with van der Waals surface area (Å²) in [6.07, 6.45) is 4.98. The average Bonchev–Trinajstić information content (AvgIpc) is 3.15. The standard InChI is InChI=1S/C16H20N4O/c1-11-18-19-16(20(11)12-6-2-3-7-12)15-10-17-13-8-4-5-9-14(13)21-15/h4-5,8-9,12,15,17H,2-3,6-7,10H2,1H3. The van der Waals surface area contributed by atoms with Gasteiger partial charge >= 0.3 is 0 Å². The molecule has 1 aromatic heterocycles. The fraction of sp³-hybridized carbons (Fsp3) is 0.500. The van der Waals surface area contributed by atoms with Gasteiger partial charge in [0.05, 0.1) is 12.2 Å². The van der Waals surface area contributed by atoms with Crippen LogP contribution in [0.3, 0.4) is 0 Å². The molecule has 21 heavy (non-hydrogen) atoms. The number of hydrogen-bond donors (Lipinski definition) is 1. The molecular formula is C16H20N4O. The molecule has 1 atom stereocenters. The Hall–Kier alpha value is -2.04. The Morgan fingerprint density at radius 1 is 1.19 bits per heavy atom. The Morgan fingerprint density at radius 2 is 2.00 bits per heavy atom. The van der Waals surface area contributed by atoms with Gasteiger partial charge in [0.25, 0.3) is 0 Å². The molecule has 5 heteroatoms. The van der Waals surface area contributed by atoms with Gasteiger partial charge in [-0.25, -0.2) is 0 Å². The van der Waals surface area contributed by atoms with Gasteiger partial charge in [-0.3, -0.25) is 0 Å². The van der Waals surface area contributed by atoms with Gasteiger partial charge in [0.15, 0.2) is 11.9 Å². The molecule has 1 aromatic carbocycles. The lowest BCUT2D eigenvalue weighted by molar-refractivity contribution is 0.191. The van der Waals surface area contributed by atoms with Crippen LogP contribution in [-0.4, -0.2) is 21.3 Å². The Labute approximate surface area is 124 Å². The highest BCUT2D eigenvalue weighted by molar-refractivity contribution is 5.57. The van der Waals surface area contributed by atoms with Crippen molar-refractivity contribution in [2.75, 3.05) is 11.9 Å². The van der Waals surface area contributed by atoms with E-state index in [0.29, 0.717) is 6.04 Å². The summed E-state index contributed by atoms with van der Waals surface area (Å²) in [6, 6.07) is 8.59. The molecule has 0 radical (unpaired) electrons. The molecule has 1 unspecified atom stereocenters. The second-order valence-electron chi connectivity index (χ2n) is 5.90. The molecule has 1 aliphatic carbocycles. The van der Waals surface area contributed by atoms with Gasteiger partial charge in [-0.2, -0.15) is 0 Å². The summed E-state index contributed by atoms with van der Waals surface area (Å²) in [5, 5.41) is 12.1. The maximum Gasteiger partial charge on any atom is 0.176 e. The van der Waals surface area contributed by atoms with E-state index >= 15 is 0 Å². The van der Waals surface area contributed by atoms with Gasteiger partial charge < -0.3 is 14.6 Å². The molecule has 1 saturated carbocycles. The van der Waals surface area contributed by atoms with E-state index in [1.807, 2.05) is 31.2 Å². The van der Waals surface area contributed by atoms with Crippen LogP contribution in [0.1, 0.15) is 49.5 Å². The molecule has 2 aromatic rings. The number of rotatable bonds is 2. The second-order valence-corrected chi connectivity index (χ2v) is 5.90. The first-order valence-electron chi connectivity index (χ1n) is 7.74. The molecule has 1 aliphatic heterocycles. The maximum absolute atomic E-state index is 6.15. The minimum absolute atomic E-state index is 0.0679. The van der Waals surface area contributed by atoms with E-state index in [-0.39, 0.29) is 6.10 Å². The zero-order valence-corrected chi connectivity index (χ0v) is 12.2. The average molecular weight is 284 g/mol. The number of aromatic nitrogens is 3. The molecule has 4 rings (SSSR count). The summed E-state index contributed by atoms with van der Waals surface area (Å²) in [5.41, 5.74) is 1.05. The van der Waals surface area contributed by atoms with Gasteiger partial charge in [-0.05, 0) is 31.9 Å². The molecule has 0 bridgehead atoms. The van der Waals surface area contributed by atoms with Crippen molar-refractivity contribution in [1.82, 2.24) is 14.8 Å². The quantitative estimate of drug-likeness (QED) is 0.919. The number of benzene rings is 1. The summed E-state index contributed by atoms with van der Waals surface area (Å²) in [6.45, 7) is 2.78.